The Morgan fingerprint density at radius 3 is 2.45 bits per heavy atom. The van der Waals surface area contributed by atoms with Gasteiger partial charge < -0.3 is 5.32 Å². The number of nitrogens with zero attached hydrogens (tertiary/aromatic N) is 1. The third-order valence-electron chi connectivity index (χ3n) is 4.28. The molecule has 0 bridgehead atoms. The van der Waals surface area contributed by atoms with Gasteiger partial charge in [0, 0.05) is 18.6 Å². The first kappa shape index (κ1) is 17.9. The van der Waals surface area contributed by atoms with E-state index >= 15 is 0 Å². The minimum atomic E-state index is -3.09. The summed E-state index contributed by atoms with van der Waals surface area (Å²) < 4.78 is 26.7. The van der Waals surface area contributed by atoms with Crippen molar-refractivity contribution in [2.45, 2.75) is 66.0 Å². The monoisotopic (exact) mass is 304 g/mol. The summed E-state index contributed by atoms with van der Waals surface area (Å²) in [7, 11) is -3.09. The van der Waals surface area contributed by atoms with Crippen LogP contribution in [-0.2, 0) is 10.0 Å². The van der Waals surface area contributed by atoms with Crippen molar-refractivity contribution in [3.8, 4) is 0 Å². The number of unbranched alkanes of at least 4 members (excludes halogenated alkanes) is 1. The summed E-state index contributed by atoms with van der Waals surface area (Å²) in [6.45, 7) is 12.2. The summed E-state index contributed by atoms with van der Waals surface area (Å²) in [4.78, 5) is 0. The van der Waals surface area contributed by atoms with E-state index < -0.39 is 10.0 Å². The van der Waals surface area contributed by atoms with E-state index in [4.69, 9.17) is 0 Å². The van der Waals surface area contributed by atoms with Crippen LogP contribution in [0, 0.1) is 11.8 Å². The quantitative estimate of drug-likeness (QED) is 0.735. The fourth-order valence-corrected chi connectivity index (χ4v) is 4.95. The Bertz CT molecular complexity index is 381. The van der Waals surface area contributed by atoms with E-state index in [9.17, 15) is 8.42 Å². The van der Waals surface area contributed by atoms with Gasteiger partial charge >= 0.3 is 0 Å². The molecule has 1 heterocycles. The first-order chi connectivity index (χ1) is 9.24. The average Bonchev–Trinajstić information content (AvgIpc) is 2.32. The van der Waals surface area contributed by atoms with Gasteiger partial charge in [0.1, 0.15) is 0 Å². The molecule has 0 amide bonds. The van der Waals surface area contributed by atoms with Crippen LogP contribution in [-0.4, -0.2) is 43.6 Å². The van der Waals surface area contributed by atoms with Crippen molar-refractivity contribution in [1.29, 1.82) is 0 Å². The lowest BCUT2D eigenvalue weighted by molar-refractivity contribution is 0.157. The number of piperidine rings is 1. The molecule has 0 aliphatic carbocycles. The van der Waals surface area contributed by atoms with E-state index in [1.165, 1.54) is 0 Å². The normalized spacial score (nSPS) is 29.0. The molecule has 1 fully saturated rings. The van der Waals surface area contributed by atoms with Gasteiger partial charge in [-0.3, -0.25) is 0 Å². The molecule has 0 radical (unpaired) electrons. The molecular weight excluding hydrogens is 272 g/mol. The van der Waals surface area contributed by atoms with Crippen LogP contribution in [0.15, 0.2) is 0 Å². The summed E-state index contributed by atoms with van der Waals surface area (Å²) in [6, 6.07) is 0.611. The van der Waals surface area contributed by atoms with Crippen molar-refractivity contribution in [2.24, 2.45) is 11.8 Å². The SMILES string of the molecule is CC1CC(C)C(C)N(S(=O)(=O)CCCCNC(C)C)C1. The Balaban J connectivity index is 2.46. The van der Waals surface area contributed by atoms with Gasteiger partial charge in [0.25, 0.3) is 0 Å². The summed E-state index contributed by atoms with van der Waals surface area (Å²) in [5, 5.41) is 3.33. The van der Waals surface area contributed by atoms with Gasteiger partial charge in [-0.25, -0.2) is 8.42 Å². The largest absolute Gasteiger partial charge is 0.315 e. The number of nitrogens with one attached hydrogen (secondary N) is 1. The summed E-state index contributed by atoms with van der Waals surface area (Å²) >= 11 is 0. The summed E-state index contributed by atoms with van der Waals surface area (Å²) in [5.74, 6) is 1.21. The number of hydrogen-bond acceptors (Lipinski definition) is 3. The van der Waals surface area contributed by atoms with Gasteiger partial charge in [0.15, 0.2) is 0 Å². The lowest BCUT2D eigenvalue weighted by atomic mass is 9.88. The molecule has 3 atom stereocenters. The molecule has 4 nitrogen and oxygen atoms in total. The molecule has 120 valence electrons. The third kappa shape index (κ3) is 5.34. The number of sulfonamides is 1. The molecule has 1 aliphatic heterocycles. The van der Waals surface area contributed by atoms with Gasteiger partial charge in [0.2, 0.25) is 10.0 Å². The maximum absolute atomic E-state index is 12.5. The van der Waals surface area contributed by atoms with E-state index in [0.29, 0.717) is 24.4 Å². The summed E-state index contributed by atoms with van der Waals surface area (Å²) in [6.07, 6.45) is 2.80. The fraction of sp³-hybridized carbons (Fsp3) is 1.00. The molecule has 20 heavy (non-hydrogen) atoms. The molecule has 1 N–H and O–H groups in total. The lowest BCUT2D eigenvalue weighted by Crippen LogP contribution is -2.49. The smallest absolute Gasteiger partial charge is 0.214 e. The van der Waals surface area contributed by atoms with E-state index in [0.717, 1.165) is 25.8 Å². The van der Waals surface area contributed by atoms with Crippen LogP contribution in [0.5, 0.6) is 0 Å². The van der Waals surface area contributed by atoms with Gasteiger partial charge in [0.05, 0.1) is 5.75 Å². The molecule has 5 heteroatoms. The predicted molar refractivity (Wildman–Crippen MR) is 85.3 cm³/mol. The van der Waals surface area contributed by atoms with Crippen LogP contribution in [0.3, 0.4) is 0 Å². The summed E-state index contributed by atoms with van der Waals surface area (Å²) in [5.41, 5.74) is 0. The minimum absolute atomic E-state index is 0.144. The molecule has 3 unspecified atom stereocenters. The molecule has 1 rings (SSSR count). The second-order valence-electron chi connectivity index (χ2n) is 6.76. The second-order valence-corrected chi connectivity index (χ2v) is 8.80. The maximum atomic E-state index is 12.5. The minimum Gasteiger partial charge on any atom is -0.315 e. The standard InChI is InChI=1S/C15H32N2O2S/c1-12(2)16-8-6-7-9-20(18,19)17-11-13(3)10-14(4)15(17)5/h12-16H,6-11H2,1-5H3. The highest BCUT2D eigenvalue weighted by molar-refractivity contribution is 7.89. The van der Waals surface area contributed by atoms with Crippen molar-refractivity contribution in [2.75, 3.05) is 18.8 Å². The zero-order valence-corrected chi connectivity index (χ0v) is 14.5. The predicted octanol–water partition coefficient (Wildman–Crippen LogP) is 2.46. The van der Waals surface area contributed by atoms with Gasteiger partial charge in [-0.15, -0.1) is 0 Å². The van der Waals surface area contributed by atoms with Crippen LogP contribution < -0.4 is 5.32 Å². The number of hydrogen-bond donors (Lipinski definition) is 1. The maximum Gasteiger partial charge on any atom is 0.214 e. The Labute approximate surface area is 125 Å². The molecule has 1 aliphatic rings. The number of rotatable bonds is 7. The van der Waals surface area contributed by atoms with Gasteiger partial charge in [-0.1, -0.05) is 27.7 Å². The Hall–Kier alpha value is -0.130. The highest BCUT2D eigenvalue weighted by Crippen LogP contribution is 2.29. The Kier molecular flexibility index (Phi) is 6.95. The van der Waals surface area contributed by atoms with Crippen molar-refractivity contribution in [1.82, 2.24) is 9.62 Å². The molecule has 0 spiro atoms. The highest BCUT2D eigenvalue weighted by Gasteiger charge is 2.35. The van der Waals surface area contributed by atoms with Crippen molar-refractivity contribution in [3.63, 3.8) is 0 Å². The van der Waals surface area contributed by atoms with E-state index in [-0.39, 0.29) is 11.8 Å². The Morgan fingerprint density at radius 1 is 1.20 bits per heavy atom. The molecule has 0 saturated carbocycles. The van der Waals surface area contributed by atoms with Crippen LogP contribution in [0.4, 0.5) is 0 Å². The van der Waals surface area contributed by atoms with E-state index in [1.54, 1.807) is 4.31 Å². The first-order valence-electron chi connectivity index (χ1n) is 7.97. The second kappa shape index (κ2) is 7.76. The first-order valence-corrected chi connectivity index (χ1v) is 9.58. The van der Waals surface area contributed by atoms with Crippen LogP contribution in [0.25, 0.3) is 0 Å². The van der Waals surface area contributed by atoms with E-state index in [1.807, 2.05) is 0 Å². The van der Waals surface area contributed by atoms with Crippen molar-refractivity contribution >= 4 is 10.0 Å². The van der Waals surface area contributed by atoms with Crippen LogP contribution in [0.2, 0.25) is 0 Å². The highest BCUT2D eigenvalue weighted by atomic mass is 32.2. The van der Waals surface area contributed by atoms with Gasteiger partial charge in [-0.2, -0.15) is 4.31 Å². The zero-order valence-electron chi connectivity index (χ0n) is 13.7. The zero-order chi connectivity index (χ0) is 15.3. The Morgan fingerprint density at radius 2 is 1.85 bits per heavy atom. The van der Waals surface area contributed by atoms with E-state index in [2.05, 4.69) is 39.9 Å². The molecular formula is C15H32N2O2S. The average molecular weight is 305 g/mol. The molecule has 0 aromatic heterocycles. The third-order valence-corrected chi connectivity index (χ3v) is 6.28. The van der Waals surface area contributed by atoms with Crippen LogP contribution >= 0.6 is 0 Å². The lowest BCUT2D eigenvalue weighted by Gasteiger charge is -2.40. The molecule has 0 aromatic carbocycles. The van der Waals surface area contributed by atoms with Crippen LogP contribution in [0.1, 0.15) is 53.9 Å². The van der Waals surface area contributed by atoms with Gasteiger partial charge in [-0.05, 0) is 44.6 Å². The molecule has 1 saturated heterocycles. The fourth-order valence-electron chi connectivity index (χ4n) is 2.95. The van der Waals surface area contributed by atoms with Crippen molar-refractivity contribution in [3.05, 3.63) is 0 Å². The topological polar surface area (TPSA) is 49.4 Å². The molecule has 0 aromatic rings. The van der Waals surface area contributed by atoms with Crippen molar-refractivity contribution < 1.29 is 8.42 Å².